The first-order valence-electron chi connectivity index (χ1n) is 24.1. The Morgan fingerprint density at radius 2 is 1.72 bits per heavy atom. The number of aliphatic hydroxyl groups is 3. The van der Waals surface area contributed by atoms with Crippen LogP contribution in [0.4, 0.5) is 0 Å². The van der Waals surface area contributed by atoms with Gasteiger partial charge in [0.2, 0.25) is 0 Å². The number of ether oxygens (including phenoxy) is 10. The number of aliphatic hydroxyl groups excluding tert-OH is 2. The molecular weight excluding hydrogens is 825 g/mol. The van der Waals surface area contributed by atoms with Crippen molar-refractivity contribution in [1.29, 1.82) is 0 Å². The Bertz CT molecular complexity index is 1600. The third kappa shape index (κ3) is 12.3. The number of hydrogen-bond donors (Lipinski definition) is 3. The van der Waals surface area contributed by atoms with Gasteiger partial charge in [-0.2, -0.15) is 0 Å². The van der Waals surface area contributed by atoms with Crippen LogP contribution in [-0.2, 0) is 52.2 Å². The van der Waals surface area contributed by atoms with Crippen LogP contribution in [0.15, 0.2) is 47.1 Å². The maximum absolute atomic E-state index is 11.6. The van der Waals surface area contributed by atoms with Gasteiger partial charge in [-0.25, -0.2) is 0 Å². The normalized spacial score (nSPS) is 42.6. The van der Waals surface area contributed by atoms with Crippen molar-refractivity contribution < 1.29 is 68.9 Å². The van der Waals surface area contributed by atoms with Gasteiger partial charge in [-0.3, -0.25) is 4.79 Å². The van der Waals surface area contributed by atoms with Gasteiger partial charge in [0, 0.05) is 60.1 Å². The molecule has 6 rings (SSSR count). The van der Waals surface area contributed by atoms with E-state index in [9.17, 15) is 20.1 Å². The van der Waals surface area contributed by atoms with Crippen LogP contribution in [-0.4, -0.2) is 140 Å². The molecule has 3 N–H and O–H groups in total. The Balaban J connectivity index is 0.00000304. The summed E-state index contributed by atoms with van der Waals surface area (Å²) in [5, 5.41) is 32.9. The number of rotatable bonds is 16. The summed E-state index contributed by atoms with van der Waals surface area (Å²) in [6.45, 7) is 21.1. The highest BCUT2D eigenvalue weighted by molar-refractivity contribution is 5.37. The molecule has 5 fully saturated rings. The van der Waals surface area contributed by atoms with Crippen LogP contribution >= 0.6 is 0 Å². The first kappa shape index (κ1) is 52.9. The van der Waals surface area contributed by atoms with E-state index < -0.39 is 72.8 Å². The monoisotopic (exact) mass is 909 g/mol. The van der Waals surface area contributed by atoms with Gasteiger partial charge in [0.25, 0.3) is 6.47 Å². The zero-order chi connectivity index (χ0) is 46.9. The van der Waals surface area contributed by atoms with E-state index in [0.717, 1.165) is 30.4 Å². The number of hydrogen-bond acceptors (Lipinski definition) is 14. The third-order valence-electron chi connectivity index (χ3n) is 14.6. The summed E-state index contributed by atoms with van der Waals surface area (Å²) in [6, 6.07) is 0. The fraction of sp³-hybridized carbons (Fsp3) is 0.820. The van der Waals surface area contributed by atoms with Crippen LogP contribution in [0, 0.1) is 17.8 Å². The second-order valence-corrected chi connectivity index (χ2v) is 19.0. The van der Waals surface area contributed by atoms with E-state index in [0.29, 0.717) is 62.4 Å². The van der Waals surface area contributed by atoms with Gasteiger partial charge in [0.15, 0.2) is 18.4 Å². The molecule has 5 saturated heterocycles. The average molecular weight is 909 g/mol. The molecule has 1 spiro atoms. The minimum atomic E-state index is -1.28. The van der Waals surface area contributed by atoms with Gasteiger partial charge < -0.3 is 62.7 Å². The Labute approximate surface area is 384 Å². The Morgan fingerprint density at radius 1 is 1.02 bits per heavy atom. The van der Waals surface area contributed by atoms with Gasteiger partial charge in [-0.15, -0.1) is 0 Å². The molecule has 0 amide bonds. The third-order valence-corrected chi connectivity index (χ3v) is 14.6. The maximum Gasteiger partial charge on any atom is 0.293 e. The summed E-state index contributed by atoms with van der Waals surface area (Å²) in [6.07, 6.45) is 8.63. The van der Waals surface area contributed by atoms with Gasteiger partial charge in [-0.1, -0.05) is 78.3 Å². The van der Waals surface area contributed by atoms with Crippen LogP contribution in [0.1, 0.15) is 128 Å². The summed E-state index contributed by atoms with van der Waals surface area (Å²) in [7, 11) is 3.22. The topological polar surface area (TPSA) is 170 Å². The molecule has 14 nitrogen and oxygen atoms in total. The summed E-state index contributed by atoms with van der Waals surface area (Å²) in [5.41, 5.74) is 1.21. The molecular formula is C50H84O14. The highest BCUT2D eigenvalue weighted by Crippen LogP contribution is 2.45. The number of carbonyl (C=O) groups is 1. The molecule has 5 aliphatic heterocycles. The van der Waals surface area contributed by atoms with E-state index in [1.165, 1.54) is 0 Å². The summed E-state index contributed by atoms with van der Waals surface area (Å²) < 4.78 is 62.7. The molecule has 0 bridgehead atoms. The van der Waals surface area contributed by atoms with Crippen LogP contribution < -0.4 is 0 Å². The average Bonchev–Trinajstić information content (AvgIpc) is 3.62. The molecule has 64 heavy (non-hydrogen) atoms. The quantitative estimate of drug-likeness (QED) is 0.104. The lowest BCUT2D eigenvalue weighted by Gasteiger charge is -2.50. The van der Waals surface area contributed by atoms with Crippen LogP contribution in [0.25, 0.3) is 0 Å². The van der Waals surface area contributed by atoms with Crippen LogP contribution in [0.3, 0.4) is 0 Å². The molecule has 14 heteroatoms. The molecule has 0 saturated carbocycles. The summed E-state index contributed by atoms with van der Waals surface area (Å²) in [4.78, 5) is 11.6. The smallest absolute Gasteiger partial charge is 0.293 e. The molecule has 0 aromatic heterocycles. The van der Waals surface area contributed by atoms with Crippen molar-refractivity contribution in [3.8, 4) is 0 Å². The van der Waals surface area contributed by atoms with Crippen molar-refractivity contribution in [2.24, 2.45) is 17.8 Å². The molecule has 0 aromatic carbocycles. The predicted octanol–water partition coefficient (Wildman–Crippen LogP) is 7.26. The number of fused-ring (bicyclic) bond motifs is 1. The van der Waals surface area contributed by atoms with Gasteiger partial charge >= 0.3 is 0 Å². The molecule has 19 atom stereocenters. The van der Waals surface area contributed by atoms with Crippen molar-refractivity contribution in [1.82, 2.24) is 0 Å². The zero-order valence-electron chi connectivity index (χ0n) is 40.7. The number of carbonyl (C=O) groups excluding carboxylic acids is 1. The van der Waals surface area contributed by atoms with E-state index in [-0.39, 0.29) is 38.4 Å². The van der Waals surface area contributed by atoms with E-state index in [1.807, 2.05) is 58.9 Å². The second-order valence-electron chi connectivity index (χ2n) is 19.0. The molecule has 6 aliphatic rings. The van der Waals surface area contributed by atoms with Crippen LogP contribution in [0.5, 0.6) is 0 Å². The minimum Gasteiger partial charge on any atom is -0.464 e. The number of methoxy groups -OCH3 is 2. The molecule has 0 radical (unpaired) electrons. The first-order chi connectivity index (χ1) is 30.5. The standard InChI is InChI=1S/C48H76O14.C2H6.H2/c1-11-27(2)44-31(6)17-19-47(62-44)24-36(56-26-49)21-35(61-47)16-15-30(5)43(29(4)13-12-14-34-25-55-46-41(50)28(3)18-20-48(34,46)52)59-40-23-38(54-10)45(33(8)58-40)60-39-22-37(53-9)42(51)32(7)57-39;1-2;/h12-15,18,26-27,29,31-33,35-46,50-52H,11,16-17,19-25H2,1-10H3;1-2H3;1H/b13-12+,30-15+,34-14+;;/t27-,29-,31-,32-,33-,35+,36-,37-,38-,39-,40-,41+,42-,43-,44?,45-,46+,47+,48?;;/m0../s1. The first-order valence-corrected chi connectivity index (χ1v) is 24.1. The maximum atomic E-state index is 11.6. The Kier molecular flexibility index (Phi) is 19.7. The van der Waals surface area contributed by atoms with Gasteiger partial charge in [0.05, 0.1) is 49.3 Å². The zero-order valence-corrected chi connectivity index (χ0v) is 40.7. The van der Waals surface area contributed by atoms with Crippen molar-refractivity contribution in [3.05, 3.63) is 47.1 Å². The SMILES string of the molecule is CC.CC[C@H](C)C1O[C@]2(CC[C@@H]1C)C[C@@H](OC=O)C[C@@H](C/C=C(\C)[C@@H](O[C@H]1C[C@H](OC)[C@@H](O[C@H]3C[C@H](OC)[C@@H](O)[C@H](C)O3)[C@H](C)O1)[C@@H](C)/C=C/C=C1\CO[C@@H]3[C@H](O)C(C)=CCC13O)O2.[HH]. The van der Waals surface area contributed by atoms with E-state index >= 15 is 0 Å². The van der Waals surface area contributed by atoms with E-state index in [1.54, 1.807) is 21.1 Å². The lowest BCUT2D eigenvalue weighted by Crippen LogP contribution is -2.55. The molecule has 5 heterocycles. The highest BCUT2D eigenvalue weighted by Gasteiger charge is 2.52. The second kappa shape index (κ2) is 23.8. The Hall–Kier alpha value is -2.05. The highest BCUT2D eigenvalue weighted by atomic mass is 16.7. The van der Waals surface area contributed by atoms with Crippen molar-refractivity contribution >= 4 is 6.47 Å². The van der Waals surface area contributed by atoms with E-state index in [2.05, 4.69) is 33.8 Å². The largest absolute Gasteiger partial charge is 0.464 e. The molecule has 2 unspecified atom stereocenters. The summed E-state index contributed by atoms with van der Waals surface area (Å²) in [5.74, 6) is -0.212. The fourth-order valence-corrected chi connectivity index (χ4v) is 10.4. The predicted molar refractivity (Wildman–Crippen MR) is 243 cm³/mol. The molecule has 368 valence electrons. The van der Waals surface area contributed by atoms with Crippen molar-refractivity contribution in [2.75, 3.05) is 20.8 Å². The van der Waals surface area contributed by atoms with Crippen molar-refractivity contribution in [3.63, 3.8) is 0 Å². The molecule has 1 aliphatic carbocycles. The summed E-state index contributed by atoms with van der Waals surface area (Å²) >= 11 is 0. The van der Waals surface area contributed by atoms with Gasteiger partial charge in [-0.05, 0) is 69.1 Å². The van der Waals surface area contributed by atoms with Gasteiger partial charge in [0.1, 0.15) is 36.1 Å². The lowest BCUT2D eigenvalue weighted by molar-refractivity contribution is -0.340. The van der Waals surface area contributed by atoms with Crippen LogP contribution in [0.2, 0.25) is 0 Å². The van der Waals surface area contributed by atoms with E-state index in [4.69, 9.17) is 47.4 Å². The fourth-order valence-electron chi connectivity index (χ4n) is 10.4. The number of allylic oxidation sites excluding steroid dienone is 2. The minimum absolute atomic E-state index is 0. The van der Waals surface area contributed by atoms with Crippen molar-refractivity contribution in [2.45, 2.75) is 224 Å². The molecule has 0 aromatic rings. The lowest BCUT2D eigenvalue weighted by atomic mass is 9.78. The Morgan fingerprint density at radius 3 is 2.41 bits per heavy atom.